The van der Waals surface area contributed by atoms with Crippen molar-refractivity contribution in [2.24, 2.45) is 5.92 Å². The zero-order chi connectivity index (χ0) is 16.7. The van der Waals surface area contributed by atoms with E-state index in [0.29, 0.717) is 18.3 Å². The molecule has 2 aromatic carbocycles. The summed E-state index contributed by atoms with van der Waals surface area (Å²) >= 11 is 0. The third-order valence-electron chi connectivity index (χ3n) is 3.84. The van der Waals surface area contributed by atoms with E-state index in [-0.39, 0.29) is 5.97 Å². The van der Waals surface area contributed by atoms with Gasteiger partial charge in [-0.05, 0) is 36.1 Å². The Bertz CT molecular complexity index is 605. The number of carbonyl (C=O) groups is 1. The number of hydrogen-bond donors (Lipinski definition) is 0. The van der Waals surface area contributed by atoms with Gasteiger partial charge in [-0.2, -0.15) is 0 Å². The largest absolute Gasteiger partial charge is 0.425 e. The van der Waals surface area contributed by atoms with Crippen LogP contribution in [0.1, 0.15) is 27.2 Å². The van der Waals surface area contributed by atoms with E-state index in [4.69, 9.17) is 9.47 Å². The van der Waals surface area contributed by atoms with Crippen molar-refractivity contribution >= 4 is 5.97 Å². The molecule has 2 rings (SSSR count). The highest BCUT2D eigenvalue weighted by Gasteiger charge is 2.16. The molecule has 0 heterocycles. The Balaban J connectivity index is 1.91. The van der Waals surface area contributed by atoms with Crippen molar-refractivity contribution in [1.29, 1.82) is 0 Å². The number of esters is 1. The number of benzene rings is 2. The Labute approximate surface area is 138 Å². The third kappa shape index (κ3) is 5.22. The summed E-state index contributed by atoms with van der Waals surface area (Å²) in [5.74, 6) is 0.616. The molecule has 0 saturated carbocycles. The van der Waals surface area contributed by atoms with Crippen LogP contribution in [0.4, 0.5) is 0 Å². The summed E-state index contributed by atoms with van der Waals surface area (Å²) in [5, 5.41) is 0. The zero-order valence-electron chi connectivity index (χ0n) is 14.0. The molecular weight excluding hydrogens is 288 g/mol. The molecule has 0 bridgehead atoms. The van der Waals surface area contributed by atoms with Crippen LogP contribution in [0.15, 0.2) is 54.6 Å². The monoisotopic (exact) mass is 312 g/mol. The fraction of sp³-hybridized carbons (Fsp3) is 0.350. The fourth-order valence-electron chi connectivity index (χ4n) is 2.04. The molecule has 3 nitrogen and oxygen atoms in total. The summed E-state index contributed by atoms with van der Waals surface area (Å²) in [6, 6.07) is 17.6. The van der Waals surface area contributed by atoms with Crippen LogP contribution in [-0.2, 0) is 9.53 Å². The van der Waals surface area contributed by atoms with Crippen molar-refractivity contribution in [3.05, 3.63) is 54.6 Å². The number of ether oxygens (including phenoxy) is 2. The molecule has 0 unspecified atom stereocenters. The molecule has 0 aromatic heterocycles. The summed E-state index contributed by atoms with van der Waals surface area (Å²) in [6.45, 7) is 6.49. The standard InChI is InChI=1S/C20H24O3/c1-4-15(2)14-22-16(3)20(21)23-19-12-10-18(11-13-19)17-8-6-5-7-9-17/h5-13,15-16H,4,14H2,1-3H3/t15-,16-/m0/s1. The van der Waals surface area contributed by atoms with Crippen molar-refractivity contribution in [2.75, 3.05) is 6.61 Å². The van der Waals surface area contributed by atoms with Crippen LogP contribution in [-0.4, -0.2) is 18.7 Å². The molecule has 122 valence electrons. The van der Waals surface area contributed by atoms with Gasteiger partial charge in [0, 0.05) is 0 Å². The van der Waals surface area contributed by atoms with Crippen LogP contribution in [0.3, 0.4) is 0 Å². The van der Waals surface area contributed by atoms with Gasteiger partial charge in [-0.15, -0.1) is 0 Å². The van der Waals surface area contributed by atoms with E-state index in [2.05, 4.69) is 13.8 Å². The molecule has 2 aromatic rings. The Kier molecular flexibility index (Phi) is 6.36. The molecule has 0 aliphatic heterocycles. The molecule has 3 heteroatoms. The van der Waals surface area contributed by atoms with E-state index in [9.17, 15) is 4.79 Å². The second kappa shape index (κ2) is 8.49. The van der Waals surface area contributed by atoms with Crippen LogP contribution in [0.25, 0.3) is 11.1 Å². The van der Waals surface area contributed by atoms with Gasteiger partial charge in [0.2, 0.25) is 0 Å². The molecule has 0 amide bonds. The first-order valence-corrected chi connectivity index (χ1v) is 8.09. The van der Waals surface area contributed by atoms with Gasteiger partial charge in [0.05, 0.1) is 6.61 Å². The van der Waals surface area contributed by atoms with Crippen molar-refractivity contribution in [3.63, 3.8) is 0 Å². The molecule has 2 atom stereocenters. The zero-order valence-corrected chi connectivity index (χ0v) is 14.0. The Morgan fingerprint density at radius 1 is 0.957 bits per heavy atom. The van der Waals surface area contributed by atoms with E-state index in [1.807, 2.05) is 54.6 Å². The summed E-state index contributed by atoms with van der Waals surface area (Å²) < 4.78 is 10.9. The SMILES string of the molecule is CC[C@H](C)CO[C@@H](C)C(=O)Oc1ccc(-c2ccccc2)cc1. The lowest BCUT2D eigenvalue weighted by molar-refractivity contribution is -0.146. The Hall–Kier alpha value is -2.13. The maximum absolute atomic E-state index is 12.0. The van der Waals surface area contributed by atoms with Crippen molar-refractivity contribution in [2.45, 2.75) is 33.3 Å². The Morgan fingerprint density at radius 3 is 2.17 bits per heavy atom. The lowest BCUT2D eigenvalue weighted by Crippen LogP contribution is -2.27. The molecule has 0 aliphatic rings. The predicted octanol–water partition coefficient (Wildman–Crippen LogP) is 4.71. The lowest BCUT2D eigenvalue weighted by atomic mass is 10.1. The van der Waals surface area contributed by atoms with Crippen LogP contribution in [0.2, 0.25) is 0 Å². The summed E-state index contributed by atoms with van der Waals surface area (Å²) in [4.78, 5) is 12.0. The van der Waals surface area contributed by atoms with Gasteiger partial charge >= 0.3 is 5.97 Å². The van der Waals surface area contributed by atoms with Gasteiger partial charge in [0.1, 0.15) is 5.75 Å². The third-order valence-corrected chi connectivity index (χ3v) is 3.84. The first kappa shape index (κ1) is 17.2. The van der Waals surface area contributed by atoms with Gasteiger partial charge in [-0.3, -0.25) is 0 Å². The van der Waals surface area contributed by atoms with Gasteiger partial charge in [0.15, 0.2) is 6.10 Å². The molecule has 0 N–H and O–H groups in total. The minimum atomic E-state index is -0.558. The highest BCUT2D eigenvalue weighted by molar-refractivity contribution is 5.77. The van der Waals surface area contributed by atoms with Gasteiger partial charge < -0.3 is 9.47 Å². The van der Waals surface area contributed by atoms with Gasteiger partial charge in [-0.25, -0.2) is 4.79 Å². The average Bonchev–Trinajstić information content (AvgIpc) is 2.60. The highest BCUT2D eigenvalue weighted by atomic mass is 16.6. The van der Waals surface area contributed by atoms with Crippen molar-refractivity contribution in [1.82, 2.24) is 0 Å². The van der Waals surface area contributed by atoms with Gasteiger partial charge in [-0.1, -0.05) is 62.7 Å². The molecule has 23 heavy (non-hydrogen) atoms. The second-order valence-corrected chi connectivity index (χ2v) is 5.80. The van der Waals surface area contributed by atoms with Crippen LogP contribution in [0.5, 0.6) is 5.75 Å². The maximum atomic E-state index is 12.0. The quantitative estimate of drug-likeness (QED) is 0.548. The molecule has 0 saturated heterocycles. The maximum Gasteiger partial charge on any atom is 0.340 e. The minimum absolute atomic E-state index is 0.360. The molecular formula is C20H24O3. The lowest BCUT2D eigenvalue weighted by Gasteiger charge is -2.15. The van der Waals surface area contributed by atoms with Crippen LogP contribution >= 0.6 is 0 Å². The topological polar surface area (TPSA) is 35.5 Å². The number of rotatable bonds is 7. The highest BCUT2D eigenvalue weighted by Crippen LogP contribution is 2.22. The normalized spacial score (nSPS) is 13.3. The van der Waals surface area contributed by atoms with E-state index in [1.54, 1.807) is 6.92 Å². The van der Waals surface area contributed by atoms with Crippen molar-refractivity contribution in [3.8, 4) is 16.9 Å². The molecule has 0 spiro atoms. The first-order chi connectivity index (χ1) is 11.1. The summed E-state index contributed by atoms with van der Waals surface area (Å²) in [6.07, 6.45) is 0.473. The van der Waals surface area contributed by atoms with Gasteiger partial charge in [0.25, 0.3) is 0 Å². The average molecular weight is 312 g/mol. The summed E-state index contributed by atoms with van der Waals surface area (Å²) in [5.41, 5.74) is 2.22. The molecule has 0 fully saturated rings. The Morgan fingerprint density at radius 2 is 1.57 bits per heavy atom. The molecule has 0 radical (unpaired) electrons. The number of hydrogen-bond acceptors (Lipinski definition) is 3. The van der Waals surface area contributed by atoms with E-state index in [1.165, 1.54) is 0 Å². The first-order valence-electron chi connectivity index (χ1n) is 8.09. The van der Waals surface area contributed by atoms with Crippen LogP contribution in [0, 0.1) is 5.92 Å². The van der Waals surface area contributed by atoms with Crippen LogP contribution < -0.4 is 4.74 Å². The smallest absolute Gasteiger partial charge is 0.340 e. The van der Waals surface area contributed by atoms with Crippen molar-refractivity contribution < 1.29 is 14.3 Å². The van der Waals surface area contributed by atoms with E-state index in [0.717, 1.165) is 17.5 Å². The predicted molar refractivity (Wildman–Crippen MR) is 92.4 cm³/mol. The van der Waals surface area contributed by atoms with E-state index < -0.39 is 6.10 Å². The molecule has 0 aliphatic carbocycles. The fourth-order valence-corrected chi connectivity index (χ4v) is 2.04. The van der Waals surface area contributed by atoms with E-state index >= 15 is 0 Å². The minimum Gasteiger partial charge on any atom is -0.425 e. The number of carbonyl (C=O) groups excluding carboxylic acids is 1. The summed E-state index contributed by atoms with van der Waals surface area (Å²) in [7, 11) is 0. The second-order valence-electron chi connectivity index (χ2n) is 5.80.